The highest BCUT2D eigenvalue weighted by Crippen LogP contribution is 2.47. The number of carbonyl (C=O) groups excluding carboxylic acids is 2. The molecule has 4 rings (SSSR count). The summed E-state index contributed by atoms with van der Waals surface area (Å²) in [4.78, 5) is 34.6. The van der Waals surface area contributed by atoms with Crippen molar-refractivity contribution >= 4 is 23.1 Å². The molecule has 2 aliphatic heterocycles. The first-order chi connectivity index (χ1) is 13.4. The first-order valence-electron chi connectivity index (χ1n) is 9.50. The van der Waals surface area contributed by atoms with Crippen molar-refractivity contribution in [2.45, 2.75) is 26.3 Å². The van der Waals surface area contributed by atoms with Crippen molar-refractivity contribution in [3.05, 3.63) is 53.2 Å². The number of fused-ring (bicyclic) bond motifs is 2. The van der Waals surface area contributed by atoms with Crippen LogP contribution in [0.1, 0.15) is 29.9 Å². The van der Waals surface area contributed by atoms with E-state index in [-0.39, 0.29) is 11.9 Å². The number of hydrogen-bond acceptors (Lipinski definition) is 4. The molecule has 7 nitrogen and oxygen atoms in total. The summed E-state index contributed by atoms with van der Waals surface area (Å²) in [6.07, 6.45) is 2.86. The Morgan fingerprint density at radius 2 is 2.14 bits per heavy atom. The third-order valence-electron chi connectivity index (χ3n) is 5.80. The van der Waals surface area contributed by atoms with Crippen molar-refractivity contribution in [3.63, 3.8) is 0 Å². The molecule has 1 unspecified atom stereocenters. The Bertz CT molecular complexity index is 978. The standard InChI is InChI=1S/C21H25N4O3/c1-14-12-22-18(23-14)13-24-10-8-17-20(21(24)27)15-6-4-5-7-16(15)25(17,2)11-9-19(26)28-3/h4-7,12H,8-11,13H2,1-3H3,(H,22,23)/q+1. The quantitative estimate of drug-likeness (QED) is 0.637. The van der Waals surface area contributed by atoms with E-state index in [0.29, 0.717) is 30.5 Å². The number of aromatic nitrogens is 2. The fraction of sp³-hybridized carbons (Fsp3) is 0.381. The van der Waals surface area contributed by atoms with Gasteiger partial charge in [-0.05, 0) is 13.0 Å². The minimum Gasteiger partial charge on any atom is -0.469 e. The summed E-state index contributed by atoms with van der Waals surface area (Å²) >= 11 is 0. The van der Waals surface area contributed by atoms with Crippen LogP contribution < -0.4 is 4.48 Å². The molecule has 0 bridgehead atoms. The minimum absolute atomic E-state index is 0.0303. The number of hydrogen-bond donors (Lipinski definition) is 1. The molecule has 0 aliphatic carbocycles. The number of esters is 1. The molecule has 1 N–H and O–H groups in total. The lowest BCUT2D eigenvalue weighted by atomic mass is 10.00. The Balaban J connectivity index is 1.68. The number of H-pyrrole nitrogens is 1. The Hall–Kier alpha value is -2.93. The number of nitrogens with one attached hydrogen (secondary N) is 1. The Morgan fingerprint density at radius 1 is 1.36 bits per heavy atom. The molecule has 0 saturated carbocycles. The summed E-state index contributed by atoms with van der Waals surface area (Å²) in [5.41, 5.74) is 4.88. The molecule has 1 aromatic heterocycles. The summed E-state index contributed by atoms with van der Waals surface area (Å²) in [5.74, 6) is 0.592. The smallest absolute Gasteiger partial charge is 0.311 e. The predicted molar refractivity (Wildman–Crippen MR) is 106 cm³/mol. The van der Waals surface area contributed by atoms with Gasteiger partial charge in [-0.2, -0.15) is 0 Å². The molecule has 3 heterocycles. The molecule has 0 radical (unpaired) electrons. The van der Waals surface area contributed by atoms with Crippen molar-refractivity contribution < 1.29 is 14.3 Å². The van der Waals surface area contributed by atoms with Gasteiger partial charge in [0.05, 0.1) is 39.2 Å². The number of para-hydroxylation sites is 1. The number of aromatic amines is 1. The van der Waals surface area contributed by atoms with Crippen LogP contribution in [0.4, 0.5) is 5.69 Å². The number of amides is 1. The maximum absolute atomic E-state index is 13.4. The first-order valence-corrected chi connectivity index (χ1v) is 9.50. The zero-order valence-corrected chi connectivity index (χ0v) is 16.5. The molecular weight excluding hydrogens is 356 g/mol. The number of benzene rings is 1. The second kappa shape index (κ2) is 6.91. The van der Waals surface area contributed by atoms with Crippen LogP contribution in [0.15, 0.2) is 36.2 Å². The van der Waals surface area contributed by atoms with Gasteiger partial charge in [0.2, 0.25) is 0 Å². The van der Waals surface area contributed by atoms with Gasteiger partial charge in [-0.1, -0.05) is 12.1 Å². The number of rotatable bonds is 5. The molecule has 0 saturated heterocycles. The molecular formula is C21H25N4O3+. The number of nitrogens with zero attached hydrogens (tertiary/aromatic N) is 3. The van der Waals surface area contributed by atoms with Gasteiger partial charge in [0.25, 0.3) is 5.91 Å². The van der Waals surface area contributed by atoms with Crippen LogP contribution in [0.5, 0.6) is 0 Å². The summed E-state index contributed by atoms with van der Waals surface area (Å²) in [7, 11) is 3.49. The van der Waals surface area contributed by atoms with Gasteiger partial charge in [-0.3, -0.25) is 14.1 Å². The SMILES string of the molecule is COC(=O)CC[N+]1(C)C2=C(C(=O)N(Cc3ncc(C)[nH]3)CC2)c2ccccc21. The lowest BCUT2D eigenvalue weighted by Crippen LogP contribution is -2.47. The number of quaternary nitrogens is 1. The Labute approximate surface area is 164 Å². The maximum Gasteiger partial charge on any atom is 0.311 e. The first kappa shape index (κ1) is 18.4. The van der Waals surface area contributed by atoms with E-state index in [1.165, 1.54) is 7.11 Å². The maximum atomic E-state index is 13.4. The normalized spacial score (nSPS) is 21.0. The third-order valence-corrected chi connectivity index (χ3v) is 5.80. The average molecular weight is 381 g/mol. The zero-order chi connectivity index (χ0) is 19.9. The van der Waals surface area contributed by atoms with E-state index in [2.05, 4.69) is 23.1 Å². The third kappa shape index (κ3) is 2.92. The highest BCUT2D eigenvalue weighted by Gasteiger charge is 2.48. The van der Waals surface area contributed by atoms with Crippen LogP contribution in [0, 0.1) is 6.92 Å². The molecule has 0 fully saturated rings. The minimum atomic E-state index is -0.233. The van der Waals surface area contributed by atoms with E-state index < -0.39 is 0 Å². The molecule has 1 aromatic carbocycles. The average Bonchev–Trinajstić information content (AvgIpc) is 3.22. The molecule has 7 heteroatoms. The highest BCUT2D eigenvalue weighted by molar-refractivity contribution is 6.24. The van der Waals surface area contributed by atoms with Gasteiger partial charge in [0, 0.05) is 30.9 Å². The molecule has 2 aliphatic rings. The van der Waals surface area contributed by atoms with Crippen LogP contribution in [-0.2, 0) is 20.9 Å². The van der Waals surface area contributed by atoms with Crippen molar-refractivity contribution in [2.75, 3.05) is 27.2 Å². The number of aryl methyl sites for hydroxylation is 1. The molecule has 28 heavy (non-hydrogen) atoms. The van der Waals surface area contributed by atoms with Crippen molar-refractivity contribution in [3.8, 4) is 0 Å². The van der Waals surface area contributed by atoms with E-state index in [0.717, 1.165) is 40.5 Å². The highest BCUT2D eigenvalue weighted by atomic mass is 16.5. The van der Waals surface area contributed by atoms with Crippen LogP contribution in [0.3, 0.4) is 0 Å². The summed E-state index contributed by atoms with van der Waals surface area (Å²) < 4.78 is 5.32. The van der Waals surface area contributed by atoms with Gasteiger partial charge in [-0.15, -0.1) is 0 Å². The number of imidazole rings is 1. The van der Waals surface area contributed by atoms with E-state index in [4.69, 9.17) is 4.74 Å². The molecule has 1 amide bonds. The van der Waals surface area contributed by atoms with Crippen molar-refractivity contribution in [2.24, 2.45) is 0 Å². The van der Waals surface area contributed by atoms with Crippen LogP contribution >= 0.6 is 0 Å². The van der Waals surface area contributed by atoms with E-state index in [9.17, 15) is 9.59 Å². The van der Waals surface area contributed by atoms with E-state index in [1.54, 1.807) is 6.20 Å². The van der Waals surface area contributed by atoms with Gasteiger partial charge in [-0.25, -0.2) is 4.98 Å². The second-order valence-electron chi connectivity index (χ2n) is 7.57. The van der Waals surface area contributed by atoms with Crippen LogP contribution in [0.2, 0.25) is 0 Å². The monoisotopic (exact) mass is 381 g/mol. The van der Waals surface area contributed by atoms with Gasteiger partial charge >= 0.3 is 5.97 Å². The fourth-order valence-electron chi connectivity index (χ4n) is 4.33. The Morgan fingerprint density at radius 3 is 2.86 bits per heavy atom. The number of carbonyl (C=O) groups is 2. The topological polar surface area (TPSA) is 75.3 Å². The van der Waals surface area contributed by atoms with Gasteiger partial charge in [0.15, 0.2) is 0 Å². The summed E-state index contributed by atoms with van der Waals surface area (Å²) in [6, 6.07) is 8.00. The summed E-state index contributed by atoms with van der Waals surface area (Å²) in [6.45, 7) is 3.63. The predicted octanol–water partition coefficient (Wildman–Crippen LogP) is 2.38. The lowest BCUT2D eigenvalue weighted by Gasteiger charge is -2.35. The number of methoxy groups -OCH3 is 1. The van der Waals surface area contributed by atoms with E-state index in [1.807, 2.05) is 30.0 Å². The van der Waals surface area contributed by atoms with Crippen molar-refractivity contribution in [1.29, 1.82) is 0 Å². The molecule has 2 aromatic rings. The zero-order valence-electron chi connectivity index (χ0n) is 16.5. The van der Waals surface area contributed by atoms with Gasteiger partial charge in [0.1, 0.15) is 22.8 Å². The number of ether oxygens (including phenoxy) is 1. The fourth-order valence-corrected chi connectivity index (χ4v) is 4.33. The molecule has 146 valence electrons. The van der Waals surface area contributed by atoms with E-state index >= 15 is 0 Å². The summed E-state index contributed by atoms with van der Waals surface area (Å²) in [5, 5.41) is 0. The van der Waals surface area contributed by atoms with Crippen molar-refractivity contribution in [1.82, 2.24) is 19.4 Å². The largest absolute Gasteiger partial charge is 0.469 e. The van der Waals surface area contributed by atoms with Crippen LogP contribution in [-0.4, -0.2) is 54.0 Å². The van der Waals surface area contributed by atoms with Gasteiger partial charge < -0.3 is 14.6 Å². The lowest BCUT2D eigenvalue weighted by molar-refractivity contribution is -0.140. The molecule has 1 atom stereocenters. The molecule has 0 spiro atoms. The Kier molecular flexibility index (Phi) is 4.55. The second-order valence-corrected chi connectivity index (χ2v) is 7.57. The van der Waals surface area contributed by atoms with Crippen LogP contribution in [0.25, 0.3) is 5.57 Å².